The van der Waals surface area contributed by atoms with E-state index in [0.29, 0.717) is 13.1 Å². The van der Waals surface area contributed by atoms with Crippen LogP contribution in [0.5, 0.6) is 0 Å². The number of sulfonamides is 1. The molecular formula is C7H13N5O2S. The van der Waals surface area contributed by atoms with E-state index in [2.05, 4.69) is 10.1 Å². The normalized spacial score (nSPS) is 23.4. The minimum atomic E-state index is -3.10. The molecule has 1 aromatic rings. The molecular weight excluding hydrogens is 218 g/mol. The Morgan fingerprint density at radius 1 is 1.60 bits per heavy atom. The van der Waals surface area contributed by atoms with Crippen LogP contribution in [-0.2, 0) is 10.0 Å². The Labute approximate surface area is 87.9 Å². The second-order valence-corrected chi connectivity index (χ2v) is 5.63. The van der Waals surface area contributed by atoms with Gasteiger partial charge in [0.15, 0.2) is 0 Å². The molecule has 2 heterocycles. The molecule has 0 aliphatic carbocycles. The van der Waals surface area contributed by atoms with Crippen LogP contribution in [0, 0.1) is 0 Å². The molecule has 0 spiro atoms. The first-order valence-corrected chi connectivity index (χ1v) is 6.43. The van der Waals surface area contributed by atoms with Crippen molar-refractivity contribution in [2.24, 2.45) is 0 Å². The first-order valence-electron chi connectivity index (χ1n) is 4.58. The zero-order valence-corrected chi connectivity index (χ0v) is 9.18. The van der Waals surface area contributed by atoms with E-state index in [1.807, 2.05) is 0 Å². The third-order valence-corrected chi connectivity index (χ3v) is 3.77. The van der Waals surface area contributed by atoms with Crippen molar-refractivity contribution in [2.45, 2.75) is 12.5 Å². The summed E-state index contributed by atoms with van der Waals surface area (Å²) in [5, 5.41) is 3.97. The average Bonchev–Trinajstić information content (AvgIpc) is 2.69. The molecule has 2 N–H and O–H groups in total. The molecule has 1 atom stereocenters. The maximum atomic E-state index is 11.3. The van der Waals surface area contributed by atoms with E-state index >= 15 is 0 Å². The standard InChI is InChI=1S/C7H13N5O2S/c1-15(13,14)11-3-2-6(4-11)12-5-9-7(8)10-12/h5-6H,2-4H2,1H3,(H2,8,10). The number of hydrogen-bond donors (Lipinski definition) is 1. The predicted octanol–water partition coefficient (Wildman–Crippen LogP) is -0.933. The molecule has 0 saturated carbocycles. The van der Waals surface area contributed by atoms with Crippen LogP contribution in [0.1, 0.15) is 12.5 Å². The monoisotopic (exact) mass is 231 g/mol. The van der Waals surface area contributed by atoms with Gasteiger partial charge < -0.3 is 5.73 Å². The van der Waals surface area contributed by atoms with Crippen LogP contribution < -0.4 is 5.73 Å². The molecule has 15 heavy (non-hydrogen) atoms. The van der Waals surface area contributed by atoms with Crippen LogP contribution in [0.25, 0.3) is 0 Å². The van der Waals surface area contributed by atoms with Gasteiger partial charge in [-0.2, -0.15) is 4.31 Å². The van der Waals surface area contributed by atoms with Crippen LogP contribution >= 0.6 is 0 Å². The Balaban J connectivity index is 2.11. The number of nitrogens with two attached hydrogens (primary N) is 1. The van der Waals surface area contributed by atoms with Gasteiger partial charge in [-0.3, -0.25) is 0 Å². The van der Waals surface area contributed by atoms with Crippen molar-refractivity contribution in [3.05, 3.63) is 6.33 Å². The Bertz CT molecular complexity index is 454. The second kappa shape index (κ2) is 3.46. The first kappa shape index (κ1) is 10.4. The molecule has 1 aliphatic rings. The summed E-state index contributed by atoms with van der Waals surface area (Å²) in [5.41, 5.74) is 5.39. The van der Waals surface area contributed by atoms with Gasteiger partial charge in [-0.25, -0.2) is 18.1 Å². The molecule has 1 saturated heterocycles. The van der Waals surface area contributed by atoms with Crippen molar-refractivity contribution in [3.8, 4) is 0 Å². The average molecular weight is 231 g/mol. The van der Waals surface area contributed by atoms with Crippen molar-refractivity contribution in [1.82, 2.24) is 19.1 Å². The van der Waals surface area contributed by atoms with Crippen molar-refractivity contribution >= 4 is 16.0 Å². The minimum absolute atomic E-state index is 0.0459. The van der Waals surface area contributed by atoms with Crippen molar-refractivity contribution in [3.63, 3.8) is 0 Å². The van der Waals surface area contributed by atoms with E-state index in [0.717, 1.165) is 6.42 Å². The summed E-state index contributed by atoms with van der Waals surface area (Å²) < 4.78 is 25.6. The Morgan fingerprint density at radius 3 is 2.80 bits per heavy atom. The Morgan fingerprint density at radius 2 is 2.33 bits per heavy atom. The van der Waals surface area contributed by atoms with Crippen LogP contribution in [-0.4, -0.2) is 46.8 Å². The fourth-order valence-electron chi connectivity index (χ4n) is 1.69. The molecule has 2 rings (SSSR count). The van der Waals surface area contributed by atoms with Gasteiger partial charge in [0.1, 0.15) is 6.33 Å². The van der Waals surface area contributed by atoms with Crippen LogP contribution in [0.3, 0.4) is 0 Å². The molecule has 1 aromatic heterocycles. The highest BCUT2D eigenvalue weighted by Crippen LogP contribution is 2.22. The highest BCUT2D eigenvalue weighted by molar-refractivity contribution is 7.88. The van der Waals surface area contributed by atoms with Gasteiger partial charge in [0.2, 0.25) is 16.0 Å². The van der Waals surface area contributed by atoms with Gasteiger partial charge in [0, 0.05) is 13.1 Å². The lowest BCUT2D eigenvalue weighted by Crippen LogP contribution is -2.28. The van der Waals surface area contributed by atoms with E-state index < -0.39 is 10.0 Å². The molecule has 1 fully saturated rings. The summed E-state index contributed by atoms with van der Waals surface area (Å²) >= 11 is 0. The maximum Gasteiger partial charge on any atom is 0.239 e. The molecule has 7 nitrogen and oxygen atoms in total. The fraction of sp³-hybridized carbons (Fsp3) is 0.714. The molecule has 1 unspecified atom stereocenters. The molecule has 0 radical (unpaired) electrons. The molecule has 84 valence electrons. The van der Waals surface area contributed by atoms with Gasteiger partial charge in [0.05, 0.1) is 12.3 Å². The van der Waals surface area contributed by atoms with Crippen LogP contribution in [0.4, 0.5) is 5.95 Å². The SMILES string of the molecule is CS(=O)(=O)N1CCC(n2cnc(N)n2)C1. The number of anilines is 1. The third kappa shape index (κ3) is 2.10. The summed E-state index contributed by atoms with van der Waals surface area (Å²) in [6.07, 6.45) is 3.49. The maximum absolute atomic E-state index is 11.3. The van der Waals surface area contributed by atoms with E-state index in [-0.39, 0.29) is 12.0 Å². The largest absolute Gasteiger partial charge is 0.367 e. The van der Waals surface area contributed by atoms with Gasteiger partial charge in [-0.15, -0.1) is 5.10 Å². The summed E-state index contributed by atoms with van der Waals surface area (Å²) in [7, 11) is -3.10. The van der Waals surface area contributed by atoms with Gasteiger partial charge >= 0.3 is 0 Å². The summed E-state index contributed by atoms with van der Waals surface area (Å²) in [5.74, 6) is 0.216. The number of hydrogen-bond acceptors (Lipinski definition) is 5. The lowest BCUT2D eigenvalue weighted by molar-refractivity contribution is 0.437. The van der Waals surface area contributed by atoms with E-state index in [1.165, 1.54) is 16.9 Å². The zero-order chi connectivity index (χ0) is 11.1. The number of nitrogens with zero attached hydrogens (tertiary/aromatic N) is 4. The molecule has 0 aromatic carbocycles. The highest BCUT2D eigenvalue weighted by atomic mass is 32.2. The highest BCUT2D eigenvalue weighted by Gasteiger charge is 2.30. The smallest absolute Gasteiger partial charge is 0.239 e. The van der Waals surface area contributed by atoms with Gasteiger partial charge in [0.25, 0.3) is 0 Å². The van der Waals surface area contributed by atoms with E-state index in [4.69, 9.17) is 5.73 Å². The van der Waals surface area contributed by atoms with E-state index in [1.54, 1.807) is 4.68 Å². The van der Waals surface area contributed by atoms with Gasteiger partial charge in [-0.05, 0) is 6.42 Å². The van der Waals surface area contributed by atoms with Crippen LogP contribution in [0.15, 0.2) is 6.33 Å². The topological polar surface area (TPSA) is 94.1 Å². The van der Waals surface area contributed by atoms with Crippen molar-refractivity contribution in [2.75, 3.05) is 25.1 Å². The molecule has 1 aliphatic heterocycles. The second-order valence-electron chi connectivity index (χ2n) is 3.65. The van der Waals surface area contributed by atoms with Crippen molar-refractivity contribution in [1.29, 1.82) is 0 Å². The molecule has 0 bridgehead atoms. The number of nitrogen functional groups attached to an aromatic ring is 1. The molecule has 0 amide bonds. The summed E-state index contributed by atoms with van der Waals surface area (Å²) in [6, 6.07) is 0.0459. The fourth-order valence-corrected chi connectivity index (χ4v) is 2.57. The lowest BCUT2D eigenvalue weighted by atomic mass is 10.3. The van der Waals surface area contributed by atoms with Gasteiger partial charge in [-0.1, -0.05) is 0 Å². The number of rotatable bonds is 2. The number of aromatic nitrogens is 3. The quantitative estimate of drug-likeness (QED) is 0.709. The third-order valence-electron chi connectivity index (χ3n) is 2.50. The van der Waals surface area contributed by atoms with Crippen LogP contribution in [0.2, 0.25) is 0 Å². The summed E-state index contributed by atoms with van der Waals surface area (Å²) in [6.45, 7) is 0.977. The lowest BCUT2D eigenvalue weighted by Gasteiger charge is -2.12. The van der Waals surface area contributed by atoms with Crippen molar-refractivity contribution < 1.29 is 8.42 Å². The Kier molecular flexibility index (Phi) is 2.39. The zero-order valence-electron chi connectivity index (χ0n) is 8.37. The Hall–Kier alpha value is -1.15. The predicted molar refractivity (Wildman–Crippen MR) is 54.5 cm³/mol. The molecule has 8 heteroatoms. The first-order chi connectivity index (χ1) is 6.97. The summed E-state index contributed by atoms with van der Waals surface area (Å²) in [4.78, 5) is 3.81. The minimum Gasteiger partial charge on any atom is -0.367 e. The van der Waals surface area contributed by atoms with E-state index in [9.17, 15) is 8.42 Å².